The summed E-state index contributed by atoms with van der Waals surface area (Å²) in [7, 11) is 0. The molecule has 1 atom stereocenters. The van der Waals surface area contributed by atoms with E-state index in [-0.39, 0.29) is 18.2 Å². The van der Waals surface area contributed by atoms with Crippen LogP contribution in [0.5, 0.6) is 0 Å². The van der Waals surface area contributed by atoms with Gasteiger partial charge in [0.1, 0.15) is 18.2 Å². The Morgan fingerprint density at radius 3 is 2.77 bits per heavy atom. The lowest BCUT2D eigenvalue weighted by atomic mass is 9.93. The normalized spacial score (nSPS) is 24.1. The number of anilines is 2. The number of fused-ring (bicyclic) bond motifs is 1. The maximum Gasteiger partial charge on any atom is 0.414 e. The molecule has 1 saturated carbocycles. The maximum absolute atomic E-state index is 12.2. The first-order valence-electron chi connectivity index (χ1n) is 14.2. The van der Waals surface area contributed by atoms with Gasteiger partial charge in [-0.2, -0.15) is 0 Å². The molecule has 10 heteroatoms. The summed E-state index contributed by atoms with van der Waals surface area (Å²) in [5, 5.41) is 14.6. The summed E-state index contributed by atoms with van der Waals surface area (Å²) in [6.07, 6.45) is 8.65. The highest BCUT2D eigenvalue weighted by Gasteiger charge is 2.26. The van der Waals surface area contributed by atoms with E-state index in [1.807, 2.05) is 25.4 Å². The molecule has 1 amide bonds. The molecule has 6 rings (SSSR count). The van der Waals surface area contributed by atoms with Crippen LogP contribution in [0, 0.1) is 6.92 Å². The van der Waals surface area contributed by atoms with Crippen LogP contribution in [0.25, 0.3) is 0 Å². The fourth-order valence-electron chi connectivity index (χ4n) is 5.68. The van der Waals surface area contributed by atoms with Gasteiger partial charge in [-0.15, -0.1) is 0 Å². The Morgan fingerprint density at radius 1 is 1.18 bits per heavy atom. The van der Waals surface area contributed by atoms with Gasteiger partial charge in [-0.25, -0.2) is 19.8 Å². The number of thioether (sulfide) groups is 1. The van der Waals surface area contributed by atoms with E-state index >= 15 is 0 Å². The summed E-state index contributed by atoms with van der Waals surface area (Å²) < 4.78 is 7.28. The van der Waals surface area contributed by atoms with E-state index < -0.39 is 0 Å². The topological polar surface area (TPSA) is 105 Å². The number of aryl methyl sites for hydroxylation is 1. The summed E-state index contributed by atoms with van der Waals surface area (Å²) in [5.74, 6) is 2.85. The van der Waals surface area contributed by atoms with Crippen LogP contribution < -0.4 is 10.2 Å². The van der Waals surface area contributed by atoms with Crippen molar-refractivity contribution in [2.45, 2.75) is 81.9 Å². The molecule has 2 aliphatic heterocycles. The summed E-state index contributed by atoms with van der Waals surface area (Å²) in [5.41, 5.74) is 3.25. The van der Waals surface area contributed by atoms with Crippen LogP contribution in [0.2, 0.25) is 0 Å². The molecule has 0 spiro atoms. The van der Waals surface area contributed by atoms with Crippen molar-refractivity contribution in [1.82, 2.24) is 14.5 Å². The zero-order chi connectivity index (χ0) is 27.6. The summed E-state index contributed by atoms with van der Waals surface area (Å²) in [6, 6.07) is 10.7. The van der Waals surface area contributed by atoms with Crippen LogP contribution in [0.3, 0.4) is 0 Å². The van der Waals surface area contributed by atoms with Crippen LogP contribution in [0.1, 0.15) is 68.3 Å². The van der Waals surface area contributed by atoms with Gasteiger partial charge in [0.25, 0.3) is 0 Å². The molecule has 0 bridgehead atoms. The average Bonchev–Trinajstić information content (AvgIpc) is 3.51. The van der Waals surface area contributed by atoms with Crippen molar-refractivity contribution in [1.29, 1.82) is 0 Å². The van der Waals surface area contributed by atoms with Gasteiger partial charge < -0.3 is 19.7 Å². The van der Waals surface area contributed by atoms with Crippen LogP contribution in [-0.2, 0) is 11.3 Å². The minimum absolute atomic E-state index is 0.197. The molecule has 0 radical (unpaired) electrons. The fraction of sp³-hybridized carbons (Fsp3) is 0.467. The second-order valence-electron chi connectivity index (χ2n) is 11.0. The third-order valence-electron chi connectivity index (χ3n) is 8.06. The second-order valence-corrected chi connectivity index (χ2v) is 12.1. The molecule has 1 aromatic carbocycles. The van der Waals surface area contributed by atoms with Crippen LogP contribution in [-0.4, -0.2) is 56.1 Å². The van der Waals surface area contributed by atoms with E-state index in [4.69, 9.17) is 14.7 Å². The lowest BCUT2D eigenvalue weighted by Crippen LogP contribution is -2.28. The third kappa shape index (κ3) is 6.02. The molecule has 1 saturated heterocycles. The first-order chi connectivity index (χ1) is 19.4. The molecule has 2 fully saturated rings. The number of nitrogens with zero attached hydrogens (tertiary/aromatic N) is 5. The number of aliphatic imine (C=N–C) groups is 1. The Morgan fingerprint density at radius 2 is 2.02 bits per heavy atom. The number of amides is 1. The Balaban J connectivity index is 1.30. The lowest BCUT2D eigenvalue weighted by molar-refractivity contribution is 0.126. The summed E-state index contributed by atoms with van der Waals surface area (Å²) >= 11 is 1.67. The predicted octanol–water partition coefficient (Wildman–Crippen LogP) is 6.03. The number of benzene rings is 1. The fourth-order valence-corrected chi connectivity index (χ4v) is 6.86. The number of cyclic esters (lactones) is 1. The third-order valence-corrected chi connectivity index (χ3v) is 9.16. The minimum atomic E-state index is -0.290. The number of aliphatic hydroxyl groups excluding tert-OH is 1. The monoisotopic (exact) mass is 560 g/mol. The maximum atomic E-state index is 12.2. The molecular weight excluding hydrogens is 524 g/mol. The number of hydrogen-bond acceptors (Lipinski definition) is 8. The van der Waals surface area contributed by atoms with Gasteiger partial charge in [-0.05, 0) is 86.8 Å². The number of rotatable bonds is 6. The van der Waals surface area contributed by atoms with Crippen molar-refractivity contribution in [3.63, 3.8) is 0 Å². The highest BCUT2D eigenvalue weighted by atomic mass is 32.2. The summed E-state index contributed by atoms with van der Waals surface area (Å²) in [6.45, 7) is 5.94. The number of ether oxygens (including phenoxy) is 1. The standard InChI is InChI=1S/C30H36N6O3S/c1-19-3-10-29(40-26-17-23(6-9-25(19)26)36-13-14-39-30(36)38)34-28-16-21(18-35-12-11-31-20(35)2)15-27(33-28)32-22-4-7-24(37)8-5-22/h6,9,11-12,15-17,19,22,24,37H,3-5,7-8,10,13-14,18H2,1-2H3,(H,32,33). The van der Waals surface area contributed by atoms with Gasteiger partial charge in [0.2, 0.25) is 0 Å². The van der Waals surface area contributed by atoms with Crippen molar-refractivity contribution in [3.8, 4) is 0 Å². The second kappa shape index (κ2) is 11.6. The van der Waals surface area contributed by atoms with Crippen LogP contribution in [0.4, 0.5) is 22.1 Å². The van der Waals surface area contributed by atoms with E-state index in [1.165, 1.54) is 5.56 Å². The molecule has 210 valence electrons. The number of nitrogens with one attached hydrogen (secondary N) is 1. The van der Waals surface area contributed by atoms with E-state index in [0.29, 0.717) is 31.4 Å². The molecule has 2 N–H and O–H groups in total. The Labute approximate surface area is 239 Å². The number of aromatic nitrogens is 3. The molecule has 9 nitrogen and oxygen atoms in total. The average molecular weight is 561 g/mol. The van der Waals surface area contributed by atoms with Gasteiger partial charge in [-0.1, -0.05) is 24.8 Å². The Hall–Kier alpha value is -3.37. The van der Waals surface area contributed by atoms with E-state index in [1.54, 1.807) is 16.7 Å². The van der Waals surface area contributed by atoms with Gasteiger partial charge in [0.15, 0.2) is 5.82 Å². The van der Waals surface area contributed by atoms with Gasteiger partial charge >= 0.3 is 6.09 Å². The zero-order valence-electron chi connectivity index (χ0n) is 23.0. The van der Waals surface area contributed by atoms with Crippen molar-refractivity contribution >= 4 is 40.2 Å². The smallest absolute Gasteiger partial charge is 0.414 e. The molecule has 4 heterocycles. The molecular formula is C30H36N6O3S. The van der Waals surface area contributed by atoms with Crippen molar-refractivity contribution in [2.75, 3.05) is 23.4 Å². The van der Waals surface area contributed by atoms with Crippen LogP contribution in [0.15, 0.2) is 52.6 Å². The van der Waals surface area contributed by atoms with Gasteiger partial charge in [-0.3, -0.25) is 4.90 Å². The van der Waals surface area contributed by atoms with Gasteiger partial charge in [0, 0.05) is 35.6 Å². The summed E-state index contributed by atoms with van der Waals surface area (Å²) in [4.78, 5) is 29.4. The largest absolute Gasteiger partial charge is 0.447 e. The first kappa shape index (κ1) is 26.8. The molecule has 3 aromatic rings. The van der Waals surface area contributed by atoms with Crippen molar-refractivity contribution in [3.05, 3.63) is 59.7 Å². The van der Waals surface area contributed by atoms with E-state index in [9.17, 15) is 9.90 Å². The molecule has 40 heavy (non-hydrogen) atoms. The number of hydrogen-bond donors (Lipinski definition) is 2. The van der Waals surface area contributed by atoms with Crippen LogP contribution >= 0.6 is 11.8 Å². The van der Waals surface area contributed by atoms with Crippen molar-refractivity contribution < 1.29 is 14.6 Å². The molecule has 1 unspecified atom stereocenters. The number of carbonyl (C=O) groups excluding carboxylic acids is 1. The van der Waals surface area contributed by atoms with Crippen molar-refractivity contribution in [2.24, 2.45) is 4.99 Å². The van der Waals surface area contributed by atoms with E-state index in [0.717, 1.165) is 71.4 Å². The molecule has 2 aromatic heterocycles. The number of aliphatic hydroxyl groups is 1. The quantitative estimate of drug-likeness (QED) is 0.379. The van der Waals surface area contributed by atoms with E-state index in [2.05, 4.69) is 46.1 Å². The Bertz CT molecular complexity index is 1410. The first-order valence-corrected chi connectivity index (χ1v) is 15.0. The molecule has 3 aliphatic rings. The Kier molecular flexibility index (Phi) is 7.80. The SMILES string of the molecule is Cc1nccn1Cc1cc(N=C2CCC(C)c3ccc(N4CCOC4=O)cc3S2)nc(NC2CCC(O)CC2)c1. The minimum Gasteiger partial charge on any atom is -0.447 e. The molecule has 1 aliphatic carbocycles. The number of imidazole rings is 1. The zero-order valence-corrected chi connectivity index (χ0v) is 23.9. The van der Waals surface area contributed by atoms with Gasteiger partial charge in [0.05, 0.1) is 17.7 Å². The number of pyridine rings is 1. The highest BCUT2D eigenvalue weighted by Crippen LogP contribution is 2.40. The lowest BCUT2D eigenvalue weighted by Gasteiger charge is -2.26. The number of carbonyl (C=O) groups is 1. The highest BCUT2D eigenvalue weighted by molar-refractivity contribution is 8.14. The predicted molar refractivity (Wildman–Crippen MR) is 158 cm³/mol.